The Balaban J connectivity index is 1.82. The summed E-state index contributed by atoms with van der Waals surface area (Å²) in [5, 5.41) is 10.6. The van der Waals surface area contributed by atoms with Gasteiger partial charge in [-0.15, -0.1) is 0 Å². The molecule has 0 fully saturated rings. The molecule has 3 heterocycles. The number of nitrogens with zero attached hydrogens (tertiary/aromatic N) is 2. The number of aromatic hydroxyl groups is 1. The maximum atomic E-state index is 13.6. The summed E-state index contributed by atoms with van der Waals surface area (Å²) in [7, 11) is 0. The number of phenols is 1. The quantitative estimate of drug-likeness (QED) is 0.486. The van der Waals surface area contributed by atoms with E-state index in [-0.39, 0.29) is 22.5 Å². The van der Waals surface area contributed by atoms with Crippen LogP contribution in [-0.4, -0.2) is 16.0 Å². The number of carbonyl (C=O) groups excluding carboxylic acids is 1. The smallest absolute Gasteiger partial charge is 0.296 e. The molecule has 0 bridgehead atoms. The van der Waals surface area contributed by atoms with Gasteiger partial charge in [0.2, 0.25) is 5.76 Å². The molecule has 1 aliphatic heterocycles. The van der Waals surface area contributed by atoms with Crippen LogP contribution in [0.1, 0.15) is 38.9 Å². The van der Waals surface area contributed by atoms with Crippen LogP contribution in [-0.2, 0) is 0 Å². The third kappa shape index (κ3) is 2.99. The van der Waals surface area contributed by atoms with E-state index in [1.165, 1.54) is 23.2 Å². The molecule has 0 saturated heterocycles. The van der Waals surface area contributed by atoms with Crippen molar-refractivity contribution in [3.63, 3.8) is 0 Å². The zero-order valence-corrected chi connectivity index (χ0v) is 17.5. The first-order chi connectivity index (χ1) is 14.8. The molecule has 4 aromatic rings. The van der Waals surface area contributed by atoms with Gasteiger partial charge in [0.25, 0.3) is 5.91 Å². The Morgan fingerprint density at radius 2 is 1.74 bits per heavy atom. The first-order valence-corrected chi connectivity index (χ1v) is 10.0. The largest absolute Gasteiger partial charge is 0.508 e. The van der Waals surface area contributed by atoms with Gasteiger partial charge in [0.1, 0.15) is 17.2 Å². The lowest BCUT2D eigenvalue weighted by atomic mass is 9.97. The Morgan fingerprint density at radius 1 is 1.03 bits per heavy atom. The second kappa shape index (κ2) is 6.96. The third-order valence-corrected chi connectivity index (χ3v) is 5.88. The van der Waals surface area contributed by atoms with Gasteiger partial charge in [-0.3, -0.25) is 14.5 Å². The van der Waals surface area contributed by atoms with Gasteiger partial charge in [-0.05, 0) is 66.9 Å². The monoisotopic (exact) mass is 432 g/mol. The fourth-order valence-electron chi connectivity index (χ4n) is 3.95. The number of amides is 1. The van der Waals surface area contributed by atoms with Gasteiger partial charge in [0.15, 0.2) is 5.43 Å². The average Bonchev–Trinajstić information content (AvgIpc) is 3.04. The van der Waals surface area contributed by atoms with Crippen LogP contribution in [0.5, 0.6) is 5.75 Å². The topological polar surface area (TPSA) is 83.6 Å². The molecule has 0 aliphatic carbocycles. The maximum Gasteiger partial charge on any atom is 0.296 e. The van der Waals surface area contributed by atoms with E-state index in [2.05, 4.69) is 4.98 Å². The minimum Gasteiger partial charge on any atom is -0.508 e. The fourth-order valence-corrected chi connectivity index (χ4v) is 4.06. The molecule has 1 N–H and O–H groups in total. The van der Waals surface area contributed by atoms with Gasteiger partial charge in [-0.2, -0.15) is 0 Å². The number of hydrogen-bond donors (Lipinski definition) is 1. The lowest BCUT2D eigenvalue weighted by molar-refractivity contribution is 0.0970. The number of pyridine rings is 1. The molecule has 1 unspecified atom stereocenters. The summed E-state index contributed by atoms with van der Waals surface area (Å²) < 4.78 is 5.99. The van der Waals surface area contributed by atoms with Crippen molar-refractivity contribution in [3.05, 3.63) is 98.0 Å². The molecule has 5 rings (SSSR count). The number of fused-ring (bicyclic) bond motifs is 2. The Kier molecular flexibility index (Phi) is 4.34. The van der Waals surface area contributed by atoms with Crippen molar-refractivity contribution >= 4 is 34.3 Å². The molecule has 154 valence electrons. The van der Waals surface area contributed by atoms with Crippen LogP contribution in [0.3, 0.4) is 0 Å². The lowest BCUT2D eigenvalue weighted by Crippen LogP contribution is -2.30. The molecule has 2 aromatic carbocycles. The van der Waals surface area contributed by atoms with Crippen molar-refractivity contribution in [2.24, 2.45) is 0 Å². The van der Waals surface area contributed by atoms with Crippen molar-refractivity contribution in [2.45, 2.75) is 19.9 Å². The van der Waals surface area contributed by atoms with Gasteiger partial charge in [0.05, 0.1) is 22.0 Å². The summed E-state index contributed by atoms with van der Waals surface area (Å²) in [6.07, 6.45) is 1.44. The number of rotatable bonds is 2. The van der Waals surface area contributed by atoms with Gasteiger partial charge in [-0.25, -0.2) is 4.98 Å². The fraction of sp³-hybridized carbons (Fsp3) is 0.125. The first-order valence-electron chi connectivity index (χ1n) is 9.67. The van der Waals surface area contributed by atoms with Crippen molar-refractivity contribution in [1.82, 2.24) is 4.98 Å². The van der Waals surface area contributed by atoms with Gasteiger partial charge < -0.3 is 9.52 Å². The molecule has 31 heavy (non-hydrogen) atoms. The van der Waals surface area contributed by atoms with Crippen LogP contribution in [0, 0.1) is 13.8 Å². The summed E-state index contributed by atoms with van der Waals surface area (Å²) in [6.45, 7) is 3.85. The molecular weight excluding hydrogens is 416 g/mol. The second-order valence-electron chi connectivity index (χ2n) is 7.61. The number of halogens is 1. The lowest BCUT2D eigenvalue weighted by Gasteiger charge is -2.24. The molecule has 0 radical (unpaired) electrons. The Labute approximate surface area is 182 Å². The number of hydrogen-bond acceptors (Lipinski definition) is 5. The molecule has 6 nitrogen and oxygen atoms in total. The standard InChI is InChI=1S/C24H17ClN2O4/c1-12-9-17-18(10-13(12)2)31-23-20(22(17)29)21(14-3-6-16(28)7-4-14)27(24(23)30)19-8-5-15(25)11-26-19/h3-11,21,28H,1-2H3. The van der Waals surface area contributed by atoms with E-state index in [1.807, 2.05) is 13.8 Å². The summed E-state index contributed by atoms with van der Waals surface area (Å²) >= 11 is 5.98. The van der Waals surface area contributed by atoms with Crippen molar-refractivity contribution < 1.29 is 14.3 Å². The Hall–Kier alpha value is -3.64. The zero-order valence-electron chi connectivity index (χ0n) is 16.7. The minimum atomic E-state index is -0.751. The molecule has 2 aromatic heterocycles. The predicted octanol–water partition coefficient (Wildman–Crippen LogP) is 4.91. The SMILES string of the molecule is Cc1cc2oc3c(c(=O)c2cc1C)C(c1ccc(O)cc1)N(c1ccc(Cl)cn1)C3=O. The molecule has 1 amide bonds. The van der Waals surface area contributed by atoms with Gasteiger partial charge >= 0.3 is 0 Å². The van der Waals surface area contributed by atoms with Crippen molar-refractivity contribution in [1.29, 1.82) is 0 Å². The summed E-state index contributed by atoms with van der Waals surface area (Å²) in [5.74, 6) is -0.0356. The molecular formula is C24H17ClN2O4. The van der Waals surface area contributed by atoms with Crippen LogP contribution in [0.15, 0.2) is 63.9 Å². The molecule has 0 saturated carbocycles. The summed E-state index contributed by atoms with van der Waals surface area (Å²) in [6, 6.07) is 12.5. The highest BCUT2D eigenvalue weighted by Crippen LogP contribution is 2.41. The number of benzene rings is 2. The highest BCUT2D eigenvalue weighted by Gasteiger charge is 2.44. The second-order valence-corrected chi connectivity index (χ2v) is 8.05. The normalized spacial score (nSPS) is 15.5. The van der Waals surface area contributed by atoms with Crippen LogP contribution in [0.25, 0.3) is 11.0 Å². The van der Waals surface area contributed by atoms with E-state index in [0.717, 1.165) is 11.1 Å². The summed E-state index contributed by atoms with van der Waals surface area (Å²) in [4.78, 5) is 32.8. The highest BCUT2D eigenvalue weighted by molar-refractivity contribution is 6.30. The summed E-state index contributed by atoms with van der Waals surface area (Å²) in [5.41, 5.74) is 2.94. The van der Waals surface area contributed by atoms with E-state index in [1.54, 1.807) is 36.4 Å². The molecule has 1 atom stereocenters. The Morgan fingerprint density at radius 3 is 2.42 bits per heavy atom. The number of anilines is 1. The van der Waals surface area contributed by atoms with E-state index in [4.69, 9.17) is 16.0 Å². The van der Waals surface area contributed by atoms with Gasteiger partial charge in [0, 0.05) is 6.20 Å². The number of aryl methyl sites for hydroxylation is 2. The van der Waals surface area contributed by atoms with Crippen LogP contribution < -0.4 is 10.3 Å². The van der Waals surface area contributed by atoms with Crippen molar-refractivity contribution in [2.75, 3.05) is 4.90 Å². The number of carbonyl (C=O) groups is 1. The van der Waals surface area contributed by atoms with Crippen LogP contribution in [0.2, 0.25) is 5.02 Å². The van der Waals surface area contributed by atoms with E-state index >= 15 is 0 Å². The first kappa shape index (κ1) is 19.3. The third-order valence-electron chi connectivity index (χ3n) is 5.65. The van der Waals surface area contributed by atoms with E-state index in [0.29, 0.717) is 27.4 Å². The minimum absolute atomic E-state index is 0.00409. The van der Waals surface area contributed by atoms with E-state index in [9.17, 15) is 14.7 Å². The average molecular weight is 433 g/mol. The number of phenolic OH excluding ortho intramolecular Hbond substituents is 1. The van der Waals surface area contributed by atoms with Crippen LogP contribution in [0.4, 0.5) is 5.82 Å². The predicted molar refractivity (Wildman–Crippen MR) is 118 cm³/mol. The highest BCUT2D eigenvalue weighted by atomic mass is 35.5. The van der Waals surface area contributed by atoms with Gasteiger partial charge in [-0.1, -0.05) is 23.7 Å². The maximum absolute atomic E-state index is 13.6. The molecule has 1 aliphatic rings. The number of aromatic nitrogens is 1. The Bertz CT molecular complexity index is 1410. The van der Waals surface area contributed by atoms with Crippen molar-refractivity contribution in [3.8, 4) is 5.75 Å². The zero-order chi connectivity index (χ0) is 21.9. The molecule has 7 heteroatoms. The van der Waals surface area contributed by atoms with Crippen LogP contribution >= 0.6 is 11.6 Å². The molecule has 0 spiro atoms. The van der Waals surface area contributed by atoms with E-state index < -0.39 is 11.9 Å².